The van der Waals surface area contributed by atoms with Crippen molar-refractivity contribution in [1.82, 2.24) is 14.5 Å². The Kier molecular flexibility index (Phi) is 6.97. The molecule has 1 N–H and O–H groups in total. The van der Waals surface area contributed by atoms with Crippen LogP contribution in [0, 0.1) is 5.92 Å². The standard InChI is InChI=1S/C23H33N3O6S/c1-15-13-26(14-16(2)32-15)22(27)17-8-10-25(11-9-17)23(28)18-4-7-20(31-3)21(12-18)33(29,30)24-19-5-6-19/h4,7,12,15-17,19,24H,5-6,8-11,13-14H2,1-3H3. The van der Waals surface area contributed by atoms with Gasteiger partial charge < -0.3 is 19.3 Å². The Morgan fingerprint density at radius 3 is 2.24 bits per heavy atom. The molecule has 0 spiro atoms. The normalized spacial score (nSPS) is 24.6. The van der Waals surface area contributed by atoms with Crippen molar-refractivity contribution in [3.8, 4) is 5.75 Å². The Labute approximate surface area is 195 Å². The lowest BCUT2D eigenvalue weighted by Gasteiger charge is -2.39. The van der Waals surface area contributed by atoms with E-state index in [1.54, 1.807) is 11.0 Å². The number of ether oxygens (including phenoxy) is 2. The first-order valence-electron chi connectivity index (χ1n) is 11.6. The molecule has 2 atom stereocenters. The summed E-state index contributed by atoms with van der Waals surface area (Å²) in [5.74, 6) is -0.00723. The summed E-state index contributed by atoms with van der Waals surface area (Å²) in [4.78, 5) is 29.7. The lowest BCUT2D eigenvalue weighted by atomic mass is 9.94. The summed E-state index contributed by atoms with van der Waals surface area (Å²) in [6, 6.07) is 4.45. The Morgan fingerprint density at radius 2 is 1.67 bits per heavy atom. The number of piperidine rings is 1. The molecule has 2 aliphatic heterocycles. The highest BCUT2D eigenvalue weighted by Gasteiger charge is 2.35. The molecule has 9 nitrogen and oxygen atoms in total. The SMILES string of the molecule is COc1ccc(C(=O)N2CCC(C(=O)N3CC(C)OC(C)C3)CC2)cc1S(=O)(=O)NC1CC1. The minimum Gasteiger partial charge on any atom is -0.495 e. The van der Waals surface area contributed by atoms with Gasteiger partial charge in [-0.25, -0.2) is 13.1 Å². The summed E-state index contributed by atoms with van der Waals surface area (Å²) in [6.45, 7) is 6.06. The molecule has 4 rings (SSSR count). The third kappa shape index (κ3) is 5.50. The molecule has 33 heavy (non-hydrogen) atoms. The highest BCUT2D eigenvalue weighted by atomic mass is 32.2. The maximum atomic E-state index is 13.1. The minimum absolute atomic E-state index is 0.0225. The molecule has 10 heteroatoms. The van der Waals surface area contributed by atoms with Gasteiger partial charge in [-0.15, -0.1) is 0 Å². The topological polar surface area (TPSA) is 105 Å². The largest absolute Gasteiger partial charge is 0.495 e. The number of rotatable bonds is 6. The molecule has 2 unspecified atom stereocenters. The van der Waals surface area contributed by atoms with Gasteiger partial charge in [0.15, 0.2) is 0 Å². The second-order valence-corrected chi connectivity index (χ2v) is 11.0. The molecule has 0 aromatic heterocycles. The van der Waals surface area contributed by atoms with Gasteiger partial charge in [0.25, 0.3) is 5.91 Å². The van der Waals surface area contributed by atoms with Gasteiger partial charge in [0.1, 0.15) is 10.6 Å². The van der Waals surface area contributed by atoms with E-state index in [0.29, 0.717) is 44.6 Å². The van der Waals surface area contributed by atoms with Gasteiger partial charge in [-0.1, -0.05) is 0 Å². The van der Waals surface area contributed by atoms with Crippen molar-refractivity contribution in [1.29, 1.82) is 0 Å². The van der Waals surface area contributed by atoms with E-state index in [1.807, 2.05) is 18.7 Å². The van der Waals surface area contributed by atoms with Crippen molar-refractivity contribution < 1.29 is 27.5 Å². The van der Waals surface area contributed by atoms with Gasteiger partial charge in [-0.2, -0.15) is 0 Å². The maximum Gasteiger partial charge on any atom is 0.253 e. The van der Waals surface area contributed by atoms with Crippen LogP contribution in [0.3, 0.4) is 0 Å². The van der Waals surface area contributed by atoms with Crippen molar-refractivity contribution in [2.45, 2.75) is 62.7 Å². The van der Waals surface area contributed by atoms with E-state index in [2.05, 4.69) is 4.72 Å². The molecule has 3 fully saturated rings. The van der Waals surface area contributed by atoms with E-state index in [0.717, 1.165) is 12.8 Å². The third-order valence-corrected chi connectivity index (χ3v) is 8.00. The number of morpholine rings is 1. The summed E-state index contributed by atoms with van der Waals surface area (Å²) < 4.78 is 39.1. The molecular weight excluding hydrogens is 446 g/mol. The average Bonchev–Trinajstić information content (AvgIpc) is 3.60. The van der Waals surface area contributed by atoms with Crippen LogP contribution >= 0.6 is 0 Å². The zero-order valence-corrected chi connectivity index (χ0v) is 20.3. The van der Waals surface area contributed by atoms with Gasteiger partial charge in [-0.3, -0.25) is 9.59 Å². The molecule has 182 valence electrons. The number of hydrogen-bond donors (Lipinski definition) is 1. The van der Waals surface area contributed by atoms with E-state index in [9.17, 15) is 18.0 Å². The number of likely N-dealkylation sites (tertiary alicyclic amines) is 1. The van der Waals surface area contributed by atoms with Crippen molar-refractivity contribution in [3.05, 3.63) is 23.8 Å². The number of carbonyl (C=O) groups is 2. The van der Waals surface area contributed by atoms with E-state index in [1.165, 1.54) is 19.2 Å². The monoisotopic (exact) mass is 479 g/mol. The number of benzene rings is 1. The summed E-state index contributed by atoms with van der Waals surface area (Å²) in [7, 11) is -2.37. The predicted molar refractivity (Wildman–Crippen MR) is 122 cm³/mol. The molecule has 1 aromatic carbocycles. The second-order valence-electron chi connectivity index (χ2n) is 9.33. The lowest BCUT2D eigenvalue weighted by molar-refractivity contribution is -0.148. The summed E-state index contributed by atoms with van der Waals surface area (Å²) in [6.07, 6.45) is 2.86. The lowest BCUT2D eigenvalue weighted by Crippen LogP contribution is -2.51. The molecule has 2 saturated heterocycles. The fourth-order valence-electron chi connectivity index (χ4n) is 4.63. The van der Waals surface area contributed by atoms with Crippen LogP contribution in [0.4, 0.5) is 0 Å². The van der Waals surface area contributed by atoms with Crippen LogP contribution in [-0.4, -0.2) is 81.6 Å². The van der Waals surface area contributed by atoms with E-state index in [-0.39, 0.29) is 46.6 Å². The van der Waals surface area contributed by atoms with Crippen molar-refractivity contribution >= 4 is 21.8 Å². The Hall–Kier alpha value is -2.17. The van der Waals surface area contributed by atoms with Crippen LogP contribution in [0.5, 0.6) is 5.75 Å². The molecule has 2 heterocycles. The molecule has 1 saturated carbocycles. The highest BCUT2D eigenvalue weighted by molar-refractivity contribution is 7.89. The van der Waals surface area contributed by atoms with Crippen LogP contribution in [0.15, 0.2) is 23.1 Å². The second kappa shape index (κ2) is 9.60. The molecule has 1 aliphatic carbocycles. The van der Waals surface area contributed by atoms with Gasteiger partial charge in [0.2, 0.25) is 15.9 Å². The molecular formula is C23H33N3O6S. The van der Waals surface area contributed by atoms with E-state index < -0.39 is 10.0 Å². The smallest absolute Gasteiger partial charge is 0.253 e. The number of methoxy groups -OCH3 is 1. The first-order chi connectivity index (χ1) is 15.7. The van der Waals surface area contributed by atoms with E-state index >= 15 is 0 Å². The predicted octanol–water partition coefficient (Wildman–Crippen LogP) is 1.62. The van der Waals surface area contributed by atoms with Gasteiger partial charge in [0.05, 0.1) is 19.3 Å². The van der Waals surface area contributed by atoms with Crippen LogP contribution < -0.4 is 9.46 Å². The number of carbonyl (C=O) groups excluding carboxylic acids is 2. The quantitative estimate of drug-likeness (QED) is 0.665. The average molecular weight is 480 g/mol. The summed E-state index contributed by atoms with van der Waals surface area (Å²) >= 11 is 0. The molecule has 3 aliphatic rings. The van der Waals surface area contributed by atoms with Crippen LogP contribution in [0.1, 0.15) is 49.9 Å². The zero-order valence-electron chi connectivity index (χ0n) is 19.5. The van der Waals surface area contributed by atoms with Crippen molar-refractivity contribution in [2.24, 2.45) is 5.92 Å². The van der Waals surface area contributed by atoms with Gasteiger partial charge >= 0.3 is 0 Å². The Morgan fingerprint density at radius 1 is 1.03 bits per heavy atom. The summed E-state index contributed by atoms with van der Waals surface area (Å²) in [5, 5.41) is 0. The van der Waals surface area contributed by atoms with Crippen LogP contribution in [0.2, 0.25) is 0 Å². The number of nitrogens with zero attached hydrogens (tertiary/aromatic N) is 2. The molecule has 0 bridgehead atoms. The number of nitrogens with one attached hydrogen (secondary N) is 1. The Balaban J connectivity index is 1.41. The first kappa shape index (κ1) is 24.0. The fraction of sp³-hybridized carbons (Fsp3) is 0.652. The number of amides is 2. The van der Waals surface area contributed by atoms with E-state index in [4.69, 9.17) is 9.47 Å². The van der Waals surface area contributed by atoms with Gasteiger partial charge in [0, 0.05) is 43.7 Å². The number of sulfonamides is 1. The summed E-state index contributed by atoms with van der Waals surface area (Å²) in [5.41, 5.74) is 0.299. The minimum atomic E-state index is -3.77. The molecule has 0 radical (unpaired) electrons. The Bertz CT molecular complexity index is 991. The third-order valence-electron chi connectivity index (χ3n) is 6.46. The molecule has 2 amide bonds. The zero-order chi connectivity index (χ0) is 23.8. The number of hydrogen-bond acceptors (Lipinski definition) is 6. The van der Waals surface area contributed by atoms with Crippen molar-refractivity contribution in [2.75, 3.05) is 33.3 Å². The maximum absolute atomic E-state index is 13.1. The molecule has 1 aromatic rings. The van der Waals surface area contributed by atoms with Crippen molar-refractivity contribution in [3.63, 3.8) is 0 Å². The highest BCUT2D eigenvalue weighted by Crippen LogP contribution is 2.29. The van der Waals surface area contributed by atoms with Crippen LogP contribution in [-0.2, 0) is 19.6 Å². The van der Waals surface area contributed by atoms with Gasteiger partial charge in [-0.05, 0) is 57.7 Å². The fourth-order valence-corrected chi connectivity index (χ4v) is 6.13. The first-order valence-corrected chi connectivity index (χ1v) is 13.1. The van der Waals surface area contributed by atoms with Crippen LogP contribution in [0.25, 0.3) is 0 Å².